The van der Waals surface area contributed by atoms with Crippen LogP contribution in [0.3, 0.4) is 0 Å². The first-order valence-electron chi connectivity index (χ1n) is 8.78. The molecule has 1 fully saturated rings. The Morgan fingerprint density at radius 2 is 1.88 bits per heavy atom. The zero-order valence-corrected chi connectivity index (χ0v) is 15.2. The smallest absolute Gasteiger partial charge is 0.262 e. The van der Waals surface area contributed by atoms with E-state index in [0.29, 0.717) is 10.2 Å². The van der Waals surface area contributed by atoms with Crippen molar-refractivity contribution in [3.63, 3.8) is 0 Å². The third-order valence-corrected chi connectivity index (χ3v) is 5.46. The Balaban J connectivity index is 1.42. The molecule has 1 aromatic carbocycles. The Kier molecular flexibility index (Phi) is 4.71. The number of rotatable bonds is 4. The van der Waals surface area contributed by atoms with E-state index in [1.807, 2.05) is 29.6 Å². The van der Waals surface area contributed by atoms with Crippen LogP contribution in [0, 0.1) is 0 Å². The quantitative estimate of drug-likeness (QED) is 0.768. The van der Waals surface area contributed by atoms with Crippen LogP contribution in [-0.4, -0.2) is 28.5 Å². The molecule has 1 amide bonds. The van der Waals surface area contributed by atoms with Gasteiger partial charge in [-0.2, -0.15) is 0 Å². The fourth-order valence-corrected chi connectivity index (χ4v) is 3.99. The first-order valence-corrected chi connectivity index (χ1v) is 9.66. The molecule has 1 N–H and O–H groups in total. The number of amides is 1. The van der Waals surface area contributed by atoms with Crippen LogP contribution in [0.2, 0.25) is 0 Å². The second-order valence-corrected chi connectivity index (χ2v) is 7.35. The van der Waals surface area contributed by atoms with Gasteiger partial charge in [0.2, 0.25) is 5.91 Å². The highest BCUT2D eigenvalue weighted by atomic mass is 32.1. The Hall–Kier alpha value is -2.67. The van der Waals surface area contributed by atoms with E-state index in [1.54, 1.807) is 6.07 Å². The molecule has 1 aliphatic rings. The lowest BCUT2D eigenvalue weighted by molar-refractivity contribution is -0.116. The Morgan fingerprint density at radius 1 is 1.12 bits per heavy atom. The summed E-state index contributed by atoms with van der Waals surface area (Å²) in [6.45, 7) is 2.13. The number of nitrogens with one attached hydrogen (secondary N) is 1. The standard InChI is InChI=1S/C19H20N4O2S/c24-17(12-23-13-20-18-16(19(23)25)8-11-26-18)21-14-4-6-15(7-5-14)22-9-2-1-3-10-22/h4-8,11,13H,1-3,9-10,12H2,(H,21,24). The van der Waals surface area contributed by atoms with Crippen molar-refractivity contribution < 1.29 is 4.79 Å². The van der Waals surface area contributed by atoms with Crippen molar-refractivity contribution in [1.29, 1.82) is 0 Å². The van der Waals surface area contributed by atoms with Crippen molar-refractivity contribution in [2.75, 3.05) is 23.3 Å². The van der Waals surface area contributed by atoms with E-state index in [9.17, 15) is 9.59 Å². The first-order chi connectivity index (χ1) is 12.7. The Morgan fingerprint density at radius 3 is 2.65 bits per heavy atom. The Bertz CT molecular complexity index is 971. The molecule has 0 atom stereocenters. The number of carbonyl (C=O) groups is 1. The van der Waals surface area contributed by atoms with Gasteiger partial charge in [0.15, 0.2) is 0 Å². The molecular weight excluding hydrogens is 348 g/mol. The molecule has 4 rings (SSSR count). The monoisotopic (exact) mass is 368 g/mol. The van der Waals surface area contributed by atoms with Gasteiger partial charge in [0.25, 0.3) is 5.56 Å². The van der Waals surface area contributed by atoms with Gasteiger partial charge < -0.3 is 10.2 Å². The number of benzene rings is 1. The third-order valence-electron chi connectivity index (χ3n) is 4.64. The minimum Gasteiger partial charge on any atom is -0.372 e. The van der Waals surface area contributed by atoms with Crippen molar-refractivity contribution in [3.05, 3.63) is 52.4 Å². The minimum atomic E-state index is -0.241. The topological polar surface area (TPSA) is 67.2 Å². The van der Waals surface area contributed by atoms with Gasteiger partial charge in [-0.25, -0.2) is 4.98 Å². The normalized spacial score (nSPS) is 14.5. The van der Waals surface area contributed by atoms with Crippen LogP contribution in [0.5, 0.6) is 0 Å². The molecule has 3 heterocycles. The number of nitrogens with zero attached hydrogens (tertiary/aromatic N) is 3. The molecule has 134 valence electrons. The molecule has 6 nitrogen and oxygen atoms in total. The third kappa shape index (κ3) is 3.48. The van der Waals surface area contributed by atoms with Crippen LogP contribution in [-0.2, 0) is 11.3 Å². The molecule has 26 heavy (non-hydrogen) atoms. The van der Waals surface area contributed by atoms with E-state index in [1.165, 1.54) is 47.2 Å². The molecule has 0 aliphatic carbocycles. The molecule has 0 unspecified atom stereocenters. The van der Waals surface area contributed by atoms with Gasteiger partial charge in [-0.3, -0.25) is 14.2 Å². The van der Waals surface area contributed by atoms with Crippen molar-refractivity contribution in [2.45, 2.75) is 25.8 Å². The fraction of sp³-hybridized carbons (Fsp3) is 0.316. The summed E-state index contributed by atoms with van der Waals surface area (Å²) >= 11 is 1.42. The van der Waals surface area contributed by atoms with Gasteiger partial charge in [0.05, 0.1) is 11.7 Å². The van der Waals surface area contributed by atoms with Gasteiger partial charge in [0, 0.05) is 24.5 Å². The number of anilines is 2. The van der Waals surface area contributed by atoms with Gasteiger partial charge in [0.1, 0.15) is 11.4 Å². The van der Waals surface area contributed by atoms with Gasteiger partial charge in [-0.05, 0) is 55.0 Å². The molecule has 0 radical (unpaired) electrons. The SMILES string of the molecule is O=C(Cn1cnc2sccc2c1=O)Nc1ccc(N2CCCCC2)cc1. The van der Waals surface area contributed by atoms with Gasteiger partial charge in [-0.15, -0.1) is 11.3 Å². The van der Waals surface area contributed by atoms with Crippen molar-refractivity contribution >= 4 is 38.8 Å². The minimum absolute atomic E-state index is 0.0501. The van der Waals surface area contributed by atoms with Gasteiger partial charge in [-0.1, -0.05) is 0 Å². The molecule has 3 aromatic rings. The van der Waals surface area contributed by atoms with E-state index >= 15 is 0 Å². The molecule has 1 saturated heterocycles. The predicted octanol–water partition coefficient (Wildman–Crippen LogP) is 3.09. The van der Waals surface area contributed by atoms with Crippen LogP contribution in [0.25, 0.3) is 10.2 Å². The maximum atomic E-state index is 12.3. The number of fused-ring (bicyclic) bond motifs is 1. The lowest BCUT2D eigenvalue weighted by Crippen LogP contribution is -2.29. The summed E-state index contributed by atoms with van der Waals surface area (Å²) in [5.41, 5.74) is 1.73. The van der Waals surface area contributed by atoms with E-state index < -0.39 is 0 Å². The molecule has 1 aliphatic heterocycles. The Labute approximate surface area is 155 Å². The van der Waals surface area contributed by atoms with E-state index in [0.717, 1.165) is 18.8 Å². The summed E-state index contributed by atoms with van der Waals surface area (Å²) in [4.78, 5) is 31.9. The summed E-state index contributed by atoms with van der Waals surface area (Å²) in [6, 6.07) is 9.62. The first kappa shape index (κ1) is 16.8. The maximum Gasteiger partial charge on any atom is 0.262 e. The number of hydrogen-bond donors (Lipinski definition) is 1. The average molecular weight is 368 g/mol. The van der Waals surface area contributed by atoms with Gasteiger partial charge >= 0.3 is 0 Å². The summed E-state index contributed by atoms with van der Waals surface area (Å²) in [7, 11) is 0. The van der Waals surface area contributed by atoms with Crippen molar-refractivity contribution in [1.82, 2.24) is 9.55 Å². The molecule has 0 saturated carbocycles. The van der Waals surface area contributed by atoms with Crippen molar-refractivity contribution in [2.24, 2.45) is 0 Å². The molecule has 0 spiro atoms. The summed E-state index contributed by atoms with van der Waals surface area (Å²) < 4.78 is 1.34. The highest BCUT2D eigenvalue weighted by Gasteiger charge is 2.12. The van der Waals surface area contributed by atoms with Crippen LogP contribution in [0.4, 0.5) is 11.4 Å². The van der Waals surface area contributed by atoms with Crippen LogP contribution < -0.4 is 15.8 Å². The fourth-order valence-electron chi connectivity index (χ4n) is 3.27. The van der Waals surface area contributed by atoms with E-state index in [-0.39, 0.29) is 18.0 Å². The molecule has 0 bridgehead atoms. The lowest BCUT2D eigenvalue weighted by Gasteiger charge is -2.28. The van der Waals surface area contributed by atoms with Crippen LogP contribution in [0.1, 0.15) is 19.3 Å². The highest BCUT2D eigenvalue weighted by Crippen LogP contribution is 2.21. The second kappa shape index (κ2) is 7.29. The number of thiophene rings is 1. The molecule has 2 aromatic heterocycles. The summed E-state index contributed by atoms with van der Waals surface area (Å²) in [6.07, 6.45) is 5.20. The zero-order chi connectivity index (χ0) is 17.9. The zero-order valence-electron chi connectivity index (χ0n) is 14.4. The number of carbonyl (C=O) groups excluding carboxylic acids is 1. The van der Waals surface area contributed by atoms with E-state index in [2.05, 4.69) is 15.2 Å². The lowest BCUT2D eigenvalue weighted by atomic mass is 10.1. The summed E-state index contributed by atoms with van der Waals surface area (Å²) in [5, 5.41) is 5.23. The van der Waals surface area contributed by atoms with Crippen molar-refractivity contribution in [3.8, 4) is 0 Å². The van der Waals surface area contributed by atoms with E-state index in [4.69, 9.17) is 0 Å². The number of aromatic nitrogens is 2. The predicted molar refractivity (Wildman–Crippen MR) is 105 cm³/mol. The van der Waals surface area contributed by atoms with Crippen LogP contribution >= 0.6 is 11.3 Å². The average Bonchev–Trinajstić information content (AvgIpc) is 3.15. The maximum absolute atomic E-state index is 12.3. The number of piperidine rings is 1. The molecule has 7 heteroatoms. The summed E-state index contributed by atoms with van der Waals surface area (Å²) in [5.74, 6) is -0.241. The highest BCUT2D eigenvalue weighted by molar-refractivity contribution is 7.16. The molecular formula is C19H20N4O2S. The number of hydrogen-bond acceptors (Lipinski definition) is 5. The van der Waals surface area contributed by atoms with Crippen LogP contribution in [0.15, 0.2) is 46.8 Å². The second-order valence-electron chi connectivity index (χ2n) is 6.46. The largest absolute Gasteiger partial charge is 0.372 e.